The molecule has 0 heterocycles. The zero-order chi connectivity index (χ0) is 18.2. The van der Waals surface area contributed by atoms with Crippen LogP contribution in [-0.2, 0) is 9.59 Å². The topological polar surface area (TPSA) is 105 Å². The van der Waals surface area contributed by atoms with E-state index in [4.69, 9.17) is 5.73 Å². The van der Waals surface area contributed by atoms with E-state index in [-0.39, 0.29) is 24.7 Å². The standard InChI is InChI=1S/C18H30N4O3/c1-11(2)22(9-15(19)23)10-16(24)20-17(25)21-18-6-12-3-13(7-18)5-14(4-12)8-18/h11-14H,3-10H2,1-2H3,(H2,19,23)(H2,20,21,24,25). The summed E-state index contributed by atoms with van der Waals surface area (Å²) in [7, 11) is 0. The lowest BCUT2D eigenvalue weighted by Crippen LogP contribution is -2.62. The summed E-state index contributed by atoms with van der Waals surface area (Å²) in [6, 6.07) is -0.417. The Balaban J connectivity index is 1.52. The van der Waals surface area contributed by atoms with Crippen LogP contribution in [0.2, 0.25) is 0 Å². The first-order valence-electron chi connectivity index (χ1n) is 9.39. The van der Waals surface area contributed by atoms with Crippen molar-refractivity contribution >= 4 is 17.8 Å². The first-order valence-corrected chi connectivity index (χ1v) is 9.39. The van der Waals surface area contributed by atoms with Crippen molar-refractivity contribution in [2.45, 2.75) is 64.0 Å². The van der Waals surface area contributed by atoms with E-state index in [0.717, 1.165) is 37.0 Å². The molecule has 0 atom stereocenters. The Morgan fingerprint density at radius 2 is 1.56 bits per heavy atom. The highest BCUT2D eigenvalue weighted by Crippen LogP contribution is 2.55. The van der Waals surface area contributed by atoms with Crippen LogP contribution in [0, 0.1) is 17.8 Å². The summed E-state index contributed by atoms with van der Waals surface area (Å²) in [5.74, 6) is 1.30. The fraction of sp³-hybridized carbons (Fsp3) is 0.833. The second-order valence-corrected chi connectivity index (χ2v) is 8.67. The predicted molar refractivity (Wildman–Crippen MR) is 93.5 cm³/mol. The van der Waals surface area contributed by atoms with E-state index in [2.05, 4.69) is 10.6 Å². The normalized spacial score (nSPS) is 32.9. The van der Waals surface area contributed by atoms with Gasteiger partial charge in [-0.2, -0.15) is 0 Å². The van der Waals surface area contributed by atoms with Gasteiger partial charge < -0.3 is 11.1 Å². The summed E-state index contributed by atoms with van der Waals surface area (Å²) in [5, 5.41) is 5.55. The van der Waals surface area contributed by atoms with Crippen LogP contribution in [-0.4, -0.2) is 47.4 Å². The number of primary amides is 1. The van der Waals surface area contributed by atoms with Gasteiger partial charge in [0.1, 0.15) is 0 Å². The Morgan fingerprint density at radius 3 is 2.00 bits per heavy atom. The van der Waals surface area contributed by atoms with Gasteiger partial charge in [0.25, 0.3) is 0 Å². The third-order valence-electron chi connectivity index (χ3n) is 6.11. The van der Waals surface area contributed by atoms with E-state index in [9.17, 15) is 14.4 Å². The second-order valence-electron chi connectivity index (χ2n) is 8.67. The van der Waals surface area contributed by atoms with Crippen LogP contribution in [0.4, 0.5) is 4.79 Å². The van der Waals surface area contributed by atoms with E-state index >= 15 is 0 Å². The number of nitrogens with one attached hydrogen (secondary N) is 2. The molecule has 25 heavy (non-hydrogen) atoms. The number of nitrogens with two attached hydrogens (primary N) is 1. The van der Waals surface area contributed by atoms with Gasteiger partial charge >= 0.3 is 6.03 Å². The van der Waals surface area contributed by atoms with Crippen LogP contribution in [0.1, 0.15) is 52.4 Å². The maximum Gasteiger partial charge on any atom is 0.321 e. The molecule has 4 aliphatic rings. The molecule has 0 radical (unpaired) electrons. The third kappa shape index (κ3) is 4.32. The van der Waals surface area contributed by atoms with Gasteiger partial charge in [-0.1, -0.05) is 0 Å². The number of hydrogen-bond acceptors (Lipinski definition) is 4. The number of carbonyl (C=O) groups is 3. The van der Waals surface area contributed by atoms with Gasteiger partial charge in [0.2, 0.25) is 11.8 Å². The minimum atomic E-state index is -0.487. The van der Waals surface area contributed by atoms with Crippen LogP contribution in [0.25, 0.3) is 0 Å². The molecule has 4 rings (SSSR count). The average molecular weight is 350 g/mol. The molecule has 140 valence electrons. The lowest BCUT2D eigenvalue weighted by molar-refractivity contribution is -0.123. The molecule has 0 saturated heterocycles. The Morgan fingerprint density at radius 1 is 1.04 bits per heavy atom. The molecule has 0 aromatic rings. The third-order valence-corrected chi connectivity index (χ3v) is 6.11. The molecule has 7 heteroatoms. The second kappa shape index (κ2) is 6.94. The fourth-order valence-corrected chi connectivity index (χ4v) is 5.51. The molecule has 0 aliphatic heterocycles. The Labute approximate surface area is 149 Å². The van der Waals surface area contributed by atoms with Gasteiger partial charge in [0.05, 0.1) is 13.1 Å². The highest BCUT2D eigenvalue weighted by atomic mass is 16.2. The van der Waals surface area contributed by atoms with Crippen molar-refractivity contribution in [1.29, 1.82) is 0 Å². The molecule has 4 N–H and O–H groups in total. The first-order chi connectivity index (χ1) is 11.7. The number of nitrogens with zero attached hydrogens (tertiary/aromatic N) is 1. The predicted octanol–water partition coefficient (Wildman–Crippen LogP) is 0.977. The highest BCUT2D eigenvalue weighted by Gasteiger charge is 2.51. The Hall–Kier alpha value is -1.63. The van der Waals surface area contributed by atoms with Gasteiger partial charge in [-0.15, -0.1) is 0 Å². The SMILES string of the molecule is CC(C)N(CC(N)=O)CC(=O)NC(=O)NC12CC3CC(CC(C3)C1)C2. The minimum Gasteiger partial charge on any atom is -0.369 e. The minimum absolute atomic E-state index is 0.00167. The number of rotatable bonds is 6. The summed E-state index contributed by atoms with van der Waals surface area (Å²) >= 11 is 0. The molecular formula is C18H30N4O3. The van der Waals surface area contributed by atoms with Gasteiger partial charge in [0, 0.05) is 11.6 Å². The van der Waals surface area contributed by atoms with Gasteiger partial charge in [-0.3, -0.25) is 19.8 Å². The molecular weight excluding hydrogens is 320 g/mol. The van der Waals surface area contributed by atoms with Crippen LogP contribution in [0.3, 0.4) is 0 Å². The summed E-state index contributed by atoms with van der Waals surface area (Å²) < 4.78 is 0. The van der Waals surface area contributed by atoms with Crippen LogP contribution >= 0.6 is 0 Å². The molecule has 0 spiro atoms. The highest BCUT2D eigenvalue weighted by molar-refractivity contribution is 5.95. The zero-order valence-electron chi connectivity index (χ0n) is 15.2. The Bertz CT molecular complexity index is 525. The number of imide groups is 1. The summed E-state index contributed by atoms with van der Waals surface area (Å²) in [6.07, 6.45) is 7.04. The molecule has 0 unspecified atom stereocenters. The van der Waals surface area contributed by atoms with Crippen LogP contribution < -0.4 is 16.4 Å². The van der Waals surface area contributed by atoms with E-state index in [1.165, 1.54) is 19.3 Å². The molecule has 4 aliphatic carbocycles. The molecule has 4 amide bonds. The number of urea groups is 1. The number of amides is 4. The van der Waals surface area contributed by atoms with Crippen molar-refractivity contribution in [3.63, 3.8) is 0 Å². The van der Waals surface area contributed by atoms with Crippen molar-refractivity contribution in [2.75, 3.05) is 13.1 Å². The fourth-order valence-electron chi connectivity index (χ4n) is 5.51. The van der Waals surface area contributed by atoms with Crippen molar-refractivity contribution in [3.8, 4) is 0 Å². The van der Waals surface area contributed by atoms with E-state index in [1.54, 1.807) is 4.90 Å². The molecule has 0 aromatic heterocycles. The summed E-state index contributed by atoms with van der Waals surface area (Å²) in [6.45, 7) is 3.74. The van der Waals surface area contributed by atoms with Gasteiger partial charge in [-0.25, -0.2) is 4.79 Å². The monoisotopic (exact) mass is 350 g/mol. The molecule has 7 nitrogen and oxygen atoms in total. The molecule has 4 fully saturated rings. The quantitative estimate of drug-likeness (QED) is 0.664. The van der Waals surface area contributed by atoms with Crippen molar-refractivity contribution < 1.29 is 14.4 Å². The van der Waals surface area contributed by atoms with Crippen molar-refractivity contribution in [3.05, 3.63) is 0 Å². The first kappa shape index (κ1) is 18.2. The molecule has 0 aromatic carbocycles. The van der Waals surface area contributed by atoms with E-state index < -0.39 is 17.8 Å². The van der Waals surface area contributed by atoms with E-state index in [0.29, 0.717) is 0 Å². The average Bonchev–Trinajstić information content (AvgIpc) is 2.43. The van der Waals surface area contributed by atoms with Gasteiger partial charge in [0.15, 0.2) is 0 Å². The summed E-state index contributed by atoms with van der Waals surface area (Å²) in [5.41, 5.74) is 5.09. The lowest BCUT2D eigenvalue weighted by atomic mass is 9.53. The zero-order valence-corrected chi connectivity index (χ0v) is 15.2. The number of carbonyl (C=O) groups excluding carboxylic acids is 3. The van der Waals surface area contributed by atoms with Crippen LogP contribution in [0.15, 0.2) is 0 Å². The maximum absolute atomic E-state index is 12.4. The molecule has 4 bridgehead atoms. The van der Waals surface area contributed by atoms with Gasteiger partial charge in [-0.05, 0) is 70.1 Å². The van der Waals surface area contributed by atoms with Crippen molar-refractivity contribution in [2.24, 2.45) is 23.5 Å². The molecule has 4 saturated carbocycles. The number of hydrogen-bond donors (Lipinski definition) is 3. The Kier molecular flexibility index (Phi) is 5.04. The summed E-state index contributed by atoms with van der Waals surface area (Å²) in [4.78, 5) is 37.3. The lowest BCUT2D eigenvalue weighted by Gasteiger charge is -2.56. The maximum atomic E-state index is 12.4. The van der Waals surface area contributed by atoms with Crippen LogP contribution in [0.5, 0.6) is 0 Å². The van der Waals surface area contributed by atoms with E-state index in [1.807, 2.05) is 13.8 Å². The van der Waals surface area contributed by atoms with Crippen molar-refractivity contribution in [1.82, 2.24) is 15.5 Å². The largest absolute Gasteiger partial charge is 0.369 e. The smallest absolute Gasteiger partial charge is 0.321 e.